The molecule has 0 radical (unpaired) electrons. The molecule has 3 aromatic rings. The quantitative estimate of drug-likeness (QED) is 0.581. The molecule has 3 heterocycles. The van der Waals surface area contributed by atoms with E-state index in [2.05, 4.69) is 56.8 Å². The van der Waals surface area contributed by atoms with Crippen LogP contribution in [0.5, 0.6) is 0 Å². The van der Waals surface area contributed by atoms with Gasteiger partial charge in [0.25, 0.3) is 5.91 Å². The second-order valence-electron chi connectivity index (χ2n) is 7.13. The number of amides is 1. The Morgan fingerprint density at radius 3 is 2.81 bits per heavy atom. The summed E-state index contributed by atoms with van der Waals surface area (Å²) in [6.45, 7) is 7.83. The number of imidazole rings is 1. The number of aromatic amines is 2. The Labute approximate surface area is 152 Å². The van der Waals surface area contributed by atoms with Gasteiger partial charge in [0.1, 0.15) is 5.69 Å². The van der Waals surface area contributed by atoms with Gasteiger partial charge in [-0.2, -0.15) is 5.10 Å². The third-order valence-corrected chi connectivity index (χ3v) is 5.13. The molecule has 1 aliphatic rings. The average Bonchev–Trinajstić information content (AvgIpc) is 3.19. The number of carbonyl (C=O) groups is 1. The van der Waals surface area contributed by atoms with Crippen LogP contribution in [0, 0.1) is 20.8 Å². The van der Waals surface area contributed by atoms with Gasteiger partial charge in [-0.05, 0) is 63.4 Å². The van der Waals surface area contributed by atoms with Gasteiger partial charge in [-0.3, -0.25) is 9.89 Å². The van der Waals surface area contributed by atoms with E-state index in [0.29, 0.717) is 17.1 Å². The normalized spacial score (nSPS) is 17.6. The van der Waals surface area contributed by atoms with E-state index in [0.717, 1.165) is 42.7 Å². The third-order valence-electron chi connectivity index (χ3n) is 5.13. The Bertz CT molecular complexity index is 925. The second-order valence-corrected chi connectivity index (χ2v) is 7.13. The van der Waals surface area contributed by atoms with E-state index in [1.54, 1.807) is 0 Å². The number of rotatable bonds is 3. The van der Waals surface area contributed by atoms with E-state index < -0.39 is 0 Å². The summed E-state index contributed by atoms with van der Waals surface area (Å²) >= 11 is 0. The predicted molar refractivity (Wildman–Crippen MR) is 101 cm³/mol. The highest BCUT2D eigenvalue weighted by Crippen LogP contribution is 2.25. The van der Waals surface area contributed by atoms with Crippen molar-refractivity contribution in [3.05, 3.63) is 34.5 Å². The lowest BCUT2D eigenvalue weighted by Gasteiger charge is -2.23. The smallest absolute Gasteiger partial charge is 0.255 e. The van der Waals surface area contributed by atoms with Crippen LogP contribution >= 0.6 is 0 Å². The zero-order valence-electron chi connectivity index (χ0n) is 15.4. The van der Waals surface area contributed by atoms with Crippen molar-refractivity contribution in [3.63, 3.8) is 0 Å². The standard InChI is InChI=1S/C19H24N6O/c1-10-7-14-15(8-11(10)2)23-18(22-14)17-16(12(3)24-25-17)19(26)21-13-5-4-6-20-9-13/h7-8,13,20H,4-6,9H2,1-3H3,(H,21,26)(H,22,23)(H,24,25). The number of nitrogens with one attached hydrogen (secondary N) is 4. The number of aromatic nitrogens is 4. The van der Waals surface area contributed by atoms with Crippen molar-refractivity contribution in [1.29, 1.82) is 0 Å². The minimum atomic E-state index is -0.104. The first kappa shape index (κ1) is 16.8. The molecular formula is C19H24N6O. The zero-order chi connectivity index (χ0) is 18.3. The zero-order valence-corrected chi connectivity index (χ0v) is 15.4. The van der Waals surface area contributed by atoms with Gasteiger partial charge >= 0.3 is 0 Å². The van der Waals surface area contributed by atoms with Crippen LogP contribution in [0.3, 0.4) is 0 Å². The fourth-order valence-electron chi connectivity index (χ4n) is 3.49. The molecule has 1 fully saturated rings. The topological polar surface area (TPSA) is 98.5 Å². The number of H-pyrrole nitrogens is 2. The maximum absolute atomic E-state index is 12.9. The van der Waals surface area contributed by atoms with Gasteiger partial charge in [-0.15, -0.1) is 0 Å². The van der Waals surface area contributed by atoms with Crippen LogP contribution in [-0.4, -0.2) is 45.2 Å². The second kappa shape index (κ2) is 6.57. The summed E-state index contributed by atoms with van der Waals surface area (Å²) < 4.78 is 0. The van der Waals surface area contributed by atoms with Crippen LogP contribution in [0.4, 0.5) is 0 Å². The van der Waals surface area contributed by atoms with Crippen molar-refractivity contribution in [2.24, 2.45) is 0 Å². The van der Waals surface area contributed by atoms with Crippen molar-refractivity contribution >= 4 is 16.9 Å². The van der Waals surface area contributed by atoms with Crippen molar-refractivity contribution < 1.29 is 4.79 Å². The SMILES string of the molecule is Cc1cc2nc(-c3n[nH]c(C)c3C(=O)NC3CCCNC3)[nH]c2cc1C. The predicted octanol–water partition coefficient (Wildman–Crippen LogP) is 2.36. The number of benzene rings is 1. The molecule has 0 spiro atoms. The van der Waals surface area contributed by atoms with Gasteiger partial charge in [0.2, 0.25) is 0 Å². The lowest BCUT2D eigenvalue weighted by Crippen LogP contribution is -2.45. The fraction of sp³-hybridized carbons (Fsp3) is 0.421. The van der Waals surface area contributed by atoms with Crippen LogP contribution in [0.15, 0.2) is 12.1 Å². The van der Waals surface area contributed by atoms with Crippen molar-refractivity contribution in [2.75, 3.05) is 13.1 Å². The monoisotopic (exact) mass is 352 g/mol. The molecule has 1 aliphatic heterocycles. The largest absolute Gasteiger partial charge is 0.348 e. The van der Waals surface area contributed by atoms with Gasteiger partial charge in [-0.25, -0.2) is 4.98 Å². The molecule has 4 rings (SSSR count). The number of carbonyl (C=O) groups excluding carboxylic acids is 1. The first-order chi connectivity index (χ1) is 12.5. The van der Waals surface area contributed by atoms with Crippen LogP contribution in [0.25, 0.3) is 22.6 Å². The average molecular weight is 352 g/mol. The maximum Gasteiger partial charge on any atom is 0.255 e. The van der Waals surface area contributed by atoms with E-state index in [1.165, 1.54) is 11.1 Å². The molecule has 1 saturated heterocycles. The minimum absolute atomic E-state index is 0.104. The Kier molecular flexibility index (Phi) is 4.24. The van der Waals surface area contributed by atoms with E-state index in [9.17, 15) is 4.79 Å². The summed E-state index contributed by atoms with van der Waals surface area (Å²) in [5.41, 5.74) is 6.09. The molecule has 7 nitrogen and oxygen atoms in total. The third kappa shape index (κ3) is 2.99. The summed E-state index contributed by atoms with van der Waals surface area (Å²) in [6, 6.07) is 4.28. The lowest BCUT2D eigenvalue weighted by atomic mass is 10.1. The Morgan fingerprint density at radius 1 is 1.23 bits per heavy atom. The highest BCUT2D eigenvalue weighted by atomic mass is 16.1. The lowest BCUT2D eigenvalue weighted by molar-refractivity contribution is 0.0930. The molecule has 0 saturated carbocycles. The molecule has 7 heteroatoms. The number of aryl methyl sites for hydroxylation is 3. The van der Waals surface area contributed by atoms with E-state index in [4.69, 9.17) is 0 Å². The van der Waals surface area contributed by atoms with Crippen molar-refractivity contribution in [2.45, 2.75) is 39.7 Å². The highest BCUT2D eigenvalue weighted by Gasteiger charge is 2.24. The van der Waals surface area contributed by atoms with E-state index in [1.807, 2.05) is 6.92 Å². The Hall–Kier alpha value is -2.67. The summed E-state index contributed by atoms with van der Waals surface area (Å²) in [7, 11) is 0. The molecule has 0 bridgehead atoms. The first-order valence-corrected chi connectivity index (χ1v) is 9.07. The van der Waals surface area contributed by atoms with Crippen LogP contribution < -0.4 is 10.6 Å². The number of piperidine rings is 1. The summed E-state index contributed by atoms with van der Waals surface area (Å²) in [6.07, 6.45) is 2.07. The number of nitrogens with zero attached hydrogens (tertiary/aromatic N) is 2. The van der Waals surface area contributed by atoms with Crippen molar-refractivity contribution in [1.82, 2.24) is 30.8 Å². The Balaban J connectivity index is 1.68. The molecular weight excluding hydrogens is 328 g/mol. The fourth-order valence-corrected chi connectivity index (χ4v) is 3.49. The molecule has 4 N–H and O–H groups in total. The summed E-state index contributed by atoms with van der Waals surface area (Å²) in [4.78, 5) is 20.8. The maximum atomic E-state index is 12.9. The van der Waals surface area contributed by atoms with E-state index in [-0.39, 0.29) is 11.9 Å². The molecule has 1 unspecified atom stereocenters. The highest BCUT2D eigenvalue weighted by molar-refractivity contribution is 6.01. The minimum Gasteiger partial charge on any atom is -0.348 e. The molecule has 26 heavy (non-hydrogen) atoms. The van der Waals surface area contributed by atoms with Gasteiger partial charge in [0, 0.05) is 18.3 Å². The molecule has 2 aromatic heterocycles. The first-order valence-electron chi connectivity index (χ1n) is 9.07. The summed E-state index contributed by atoms with van der Waals surface area (Å²) in [5, 5.41) is 13.7. The molecule has 136 valence electrons. The van der Waals surface area contributed by atoms with Crippen LogP contribution in [-0.2, 0) is 0 Å². The molecule has 1 aromatic carbocycles. The number of hydrogen-bond acceptors (Lipinski definition) is 4. The van der Waals surface area contributed by atoms with Gasteiger partial charge in [0.15, 0.2) is 5.82 Å². The number of fused-ring (bicyclic) bond motifs is 1. The Morgan fingerprint density at radius 2 is 2.04 bits per heavy atom. The van der Waals surface area contributed by atoms with Gasteiger partial charge in [-0.1, -0.05) is 0 Å². The number of hydrogen-bond donors (Lipinski definition) is 4. The van der Waals surface area contributed by atoms with Crippen LogP contribution in [0.2, 0.25) is 0 Å². The van der Waals surface area contributed by atoms with Gasteiger partial charge in [0.05, 0.1) is 16.6 Å². The molecule has 0 aliphatic carbocycles. The summed E-state index contributed by atoms with van der Waals surface area (Å²) in [5.74, 6) is 0.508. The van der Waals surface area contributed by atoms with Crippen LogP contribution in [0.1, 0.15) is 40.0 Å². The molecule has 1 atom stereocenters. The van der Waals surface area contributed by atoms with Gasteiger partial charge < -0.3 is 15.6 Å². The van der Waals surface area contributed by atoms with E-state index >= 15 is 0 Å². The van der Waals surface area contributed by atoms with Crippen molar-refractivity contribution in [3.8, 4) is 11.5 Å². The molecule has 1 amide bonds.